The Morgan fingerprint density at radius 2 is 2.06 bits per heavy atom. The molecule has 4 nitrogen and oxygen atoms in total. The number of aromatic nitrogens is 2. The maximum absolute atomic E-state index is 12.1. The molecule has 0 aliphatic carbocycles. The highest BCUT2D eigenvalue weighted by atomic mass is 16.1. The van der Waals surface area contributed by atoms with Crippen LogP contribution in [0.1, 0.15) is 57.6 Å². The highest BCUT2D eigenvalue weighted by Gasteiger charge is 2.22. The van der Waals surface area contributed by atoms with Crippen molar-refractivity contribution in [2.75, 3.05) is 6.54 Å². The number of carbonyl (C=O) groups is 1. The molecule has 0 bridgehead atoms. The highest BCUT2D eigenvalue weighted by molar-refractivity contribution is 5.95. The van der Waals surface area contributed by atoms with Gasteiger partial charge in [-0.3, -0.25) is 9.48 Å². The zero-order valence-corrected chi connectivity index (χ0v) is 12.4. The van der Waals surface area contributed by atoms with Gasteiger partial charge < -0.3 is 5.32 Å². The second-order valence-electron chi connectivity index (χ2n) is 6.04. The Bertz CT molecular complexity index is 413. The molecule has 1 amide bonds. The average molecular weight is 251 g/mol. The molecule has 1 aromatic rings. The van der Waals surface area contributed by atoms with Crippen molar-refractivity contribution in [1.82, 2.24) is 15.1 Å². The van der Waals surface area contributed by atoms with Gasteiger partial charge in [0.2, 0.25) is 0 Å². The third-order valence-electron chi connectivity index (χ3n) is 2.75. The van der Waals surface area contributed by atoms with E-state index in [1.54, 1.807) is 6.20 Å². The van der Waals surface area contributed by atoms with Gasteiger partial charge in [-0.2, -0.15) is 5.10 Å². The van der Waals surface area contributed by atoms with Crippen LogP contribution in [-0.2, 0) is 12.0 Å². The second kappa shape index (κ2) is 5.55. The SMILES string of the molecule is CCc1c(C(=O)NCC(C)C)cnn1C(C)(C)C. The van der Waals surface area contributed by atoms with Gasteiger partial charge in [-0.05, 0) is 33.1 Å². The maximum Gasteiger partial charge on any atom is 0.254 e. The van der Waals surface area contributed by atoms with Crippen LogP contribution >= 0.6 is 0 Å². The van der Waals surface area contributed by atoms with Crippen LogP contribution in [-0.4, -0.2) is 22.2 Å². The minimum absolute atomic E-state index is 0.0175. The zero-order valence-electron chi connectivity index (χ0n) is 12.4. The number of rotatable bonds is 4. The standard InChI is InChI=1S/C14H25N3O/c1-7-12-11(13(18)15-8-10(2)3)9-16-17(12)14(4,5)6/h9-10H,7-8H2,1-6H3,(H,15,18). The minimum Gasteiger partial charge on any atom is -0.352 e. The highest BCUT2D eigenvalue weighted by Crippen LogP contribution is 2.19. The topological polar surface area (TPSA) is 46.9 Å². The Morgan fingerprint density at radius 3 is 2.50 bits per heavy atom. The molecule has 1 aromatic heterocycles. The lowest BCUT2D eigenvalue weighted by molar-refractivity contribution is 0.0947. The van der Waals surface area contributed by atoms with Gasteiger partial charge in [-0.15, -0.1) is 0 Å². The van der Waals surface area contributed by atoms with E-state index < -0.39 is 0 Å². The van der Waals surface area contributed by atoms with Crippen LogP contribution in [0.2, 0.25) is 0 Å². The molecule has 0 aromatic carbocycles. The molecule has 102 valence electrons. The fourth-order valence-corrected chi connectivity index (χ4v) is 1.87. The summed E-state index contributed by atoms with van der Waals surface area (Å²) in [6.45, 7) is 13.2. The zero-order chi connectivity index (χ0) is 13.9. The van der Waals surface area contributed by atoms with Gasteiger partial charge in [0.15, 0.2) is 0 Å². The molecule has 0 spiro atoms. The van der Waals surface area contributed by atoms with Crippen LogP contribution in [0.25, 0.3) is 0 Å². The normalized spacial score (nSPS) is 11.9. The predicted molar refractivity (Wildman–Crippen MR) is 73.8 cm³/mol. The molecular formula is C14H25N3O. The lowest BCUT2D eigenvalue weighted by Gasteiger charge is -2.22. The fourth-order valence-electron chi connectivity index (χ4n) is 1.87. The molecule has 0 aliphatic heterocycles. The van der Waals surface area contributed by atoms with E-state index >= 15 is 0 Å². The molecule has 1 rings (SSSR count). The quantitative estimate of drug-likeness (QED) is 0.894. The summed E-state index contributed by atoms with van der Waals surface area (Å²) in [6, 6.07) is 0. The summed E-state index contributed by atoms with van der Waals surface area (Å²) in [6.07, 6.45) is 2.49. The summed E-state index contributed by atoms with van der Waals surface area (Å²) < 4.78 is 1.94. The van der Waals surface area contributed by atoms with Crippen LogP contribution < -0.4 is 5.32 Å². The van der Waals surface area contributed by atoms with E-state index in [1.807, 2.05) is 4.68 Å². The summed E-state index contributed by atoms with van der Waals surface area (Å²) in [4.78, 5) is 12.1. The summed E-state index contributed by atoms with van der Waals surface area (Å²) in [5.74, 6) is 0.438. The summed E-state index contributed by atoms with van der Waals surface area (Å²) in [7, 11) is 0. The lowest BCUT2D eigenvalue weighted by atomic mass is 10.1. The van der Waals surface area contributed by atoms with Gasteiger partial charge >= 0.3 is 0 Å². The van der Waals surface area contributed by atoms with Gasteiger partial charge in [-0.25, -0.2) is 0 Å². The monoisotopic (exact) mass is 251 g/mol. The Labute approximate surface area is 110 Å². The number of amides is 1. The largest absolute Gasteiger partial charge is 0.352 e. The van der Waals surface area contributed by atoms with Crippen molar-refractivity contribution in [2.45, 2.75) is 53.5 Å². The van der Waals surface area contributed by atoms with Gasteiger partial charge in [0.1, 0.15) is 0 Å². The molecule has 0 saturated heterocycles. The molecule has 0 fully saturated rings. The Kier molecular flexibility index (Phi) is 4.54. The lowest BCUT2D eigenvalue weighted by Crippen LogP contribution is -2.29. The first-order chi connectivity index (χ1) is 8.27. The van der Waals surface area contributed by atoms with Crippen molar-refractivity contribution in [3.05, 3.63) is 17.5 Å². The van der Waals surface area contributed by atoms with Gasteiger partial charge in [0.25, 0.3) is 5.91 Å². The first-order valence-electron chi connectivity index (χ1n) is 6.63. The fraction of sp³-hybridized carbons (Fsp3) is 0.714. The van der Waals surface area contributed by atoms with Crippen molar-refractivity contribution >= 4 is 5.91 Å². The van der Waals surface area contributed by atoms with Gasteiger partial charge in [-0.1, -0.05) is 20.8 Å². The molecular weight excluding hydrogens is 226 g/mol. The molecule has 18 heavy (non-hydrogen) atoms. The molecule has 0 aliphatic rings. The van der Waals surface area contributed by atoms with Crippen molar-refractivity contribution in [2.24, 2.45) is 5.92 Å². The maximum atomic E-state index is 12.1. The third-order valence-corrected chi connectivity index (χ3v) is 2.75. The Balaban J connectivity index is 2.97. The first kappa shape index (κ1) is 14.7. The van der Waals surface area contributed by atoms with Crippen LogP contribution in [0.15, 0.2) is 6.20 Å². The number of nitrogens with one attached hydrogen (secondary N) is 1. The van der Waals surface area contributed by atoms with E-state index in [1.165, 1.54) is 0 Å². The van der Waals surface area contributed by atoms with Crippen molar-refractivity contribution in [1.29, 1.82) is 0 Å². The van der Waals surface area contributed by atoms with Crippen LogP contribution in [0.3, 0.4) is 0 Å². The molecule has 0 saturated carbocycles. The molecule has 4 heteroatoms. The smallest absolute Gasteiger partial charge is 0.254 e. The molecule has 0 unspecified atom stereocenters. The van der Waals surface area contributed by atoms with Crippen molar-refractivity contribution < 1.29 is 4.79 Å². The first-order valence-corrected chi connectivity index (χ1v) is 6.63. The van der Waals surface area contributed by atoms with Crippen molar-refractivity contribution in [3.8, 4) is 0 Å². The van der Waals surface area contributed by atoms with Crippen molar-refractivity contribution in [3.63, 3.8) is 0 Å². The Morgan fingerprint density at radius 1 is 1.44 bits per heavy atom. The Hall–Kier alpha value is -1.32. The van der Waals surface area contributed by atoms with E-state index in [2.05, 4.69) is 52.0 Å². The predicted octanol–water partition coefficient (Wildman–Crippen LogP) is 2.59. The molecule has 1 heterocycles. The third kappa shape index (κ3) is 3.34. The van der Waals surface area contributed by atoms with Crippen LogP contribution in [0.4, 0.5) is 0 Å². The number of carbonyl (C=O) groups excluding carboxylic acids is 1. The van der Waals surface area contributed by atoms with Gasteiger partial charge in [0, 0.05) is 6.54 Å². The summed E-state index contributed by atoms with van der Waals surface area (Å²) in [5.41, 5.74) is 1.61. The minimum atomic E-state index is -0.0953. The van der Waals surface area contributed by atoms with E-state index in [0.717, 1.165) is 12.1 Å². The van der Waals surface area contributed by atoms with Crippen LogP contribution in [0, 0.1) is 5.92 Å². The number of nitrogens with zero attached hydrogens (tertiary/aromatic N) is 2. The average Bonchev–Trinajstić information content (AvgIpc) is 2.68. The van der Waals surface area contributed by atoms with E-state index in [0.29, 0.717) is 18.0 Å². The van der Waals surface area contributed by atoms with Gasteiger partial charge in [0.05, 0.1) is 23.0 Å². The number of hydrogen-bond donors (Lipinski definition) is 1. The second-order valence-corrected chi connectivity index (χ2v) is 6.04. The van der Waals surface area contributed by atoms with E-state index in [4.69, 9.17) is 0 Å². The van der Waals surface area contributed by atoms with E-state index in [9.17, 15) is 4.79 Å². The molecule has 0 radical (unpaired) electrons. The summed E-state index contributed by atoms with van der Waals surface area (Å²) in [5, 5.41) is 7.31. The molecule has 0 atom stereocenters. The van der Waals surface area contributed by atoms with Crippen LogP contribution in [0.5, 0.6) is 0 Å². The summed E-state index contributed by atoms with van der Waals surface area (Å²) >= 11 is 0. The number of hydrogen-bond acceptors (Lipinski definition) is 2. The molecule has 1 N–H and O–H groups in total. The van der Waals surface area contributed by atoms with E-state index in [-0.39, 0.29) is 11.4 Å².